The van der Waals surface area contributed by atoms with E-state index >= 15 is 0 Å². The van der Waals surface area contributed by atoms with Crippen LogP contribution in [0.2, 0.25) is 0 Å². The van der Waals surface area contributed by atoms with Crippen LogP contribution in [0.4, 0.5) is 0 Å². The molecule has 1 aromatic heterocycles. The highest BCUT2D eigenvalue weighted by Gasteiger charge is 2.19. The maximum atomic E-state index is 8.97. The molecule has 2 rings (SSSR count). The molecule has 0 aliphatic heterocycles. The van der Waals surface area contributed by atoms with Gasteiger partial charge in [-0.3, -0.25) is 0 Å². The Hall–Kier alpha value is -1.09. The molecule has 1 heterocycles. The molecule has 1 aromatic rings. The van der Waals surface area contributed by atoms with Crippen LogP contribution in [0.1, 0.15) is 30.5 Å². The second-order valence-electron chi connectivity index (χ2n) is 3.72. The van der Waals surface area contributed by atoms with Gasteiger partial charge in [0.1, 0.15) is 6.10 Å². The lowest BCUT2D eigenvalue weighted by atomic mass is 9.96. The molecule has 0 unspecified atom stereocenters. The molecule has 0 bridgehead atoms. The molecule has 0 spiro atoms. The third-order valence-corrected chi connectivity index (χ3v) is 2.68. The monoisotopic (exact) mass is 193 g/mol. The second-order valence-corrected chi connectivity index (χ2v) is 3.72. The highest BCUT2D eigenvalue weighted by Crippen LogP contribution is 2.24. The highest BCUT2D eigenvalue weighted by atomic mass is 16.5. The fraction of sp³-hybridized carbons (Fsp3) is 0.545. The molecule has 0 radical (unpaired) electrons. The quantitative estimate of drug-likeness (QED) is 0.796. The number of pyridine rings is 1. The average molecular weight is 193 g/mol. The van der Waals surface area contributed by atoms with Gasteiger partial charge in [0.2, 0.25) is 5.88 Å². The zero-order valence-corrected chi connectivity index (χ0v) is 8.36. The maximum Gasteiger partial charge on any atom is 0.213 e. The summed E-state index contributed by atoms with van der Waals surface area (Å²) >= 11 is 0. The van der Waals surface area contributed by atoms with E-state index in [-0.39, 0.29) is 6.61 Å². The lowest BCUT2D eigenvalue weighted by Crippen LogP contribution is -2.25. The predicted molar refractivity (Wildman–Crippen MR) is 53.2 cm³/mol. The summed E-state index contributed by atoms with van der Waals surface area (Å²) in [5.41, 5.74) is 1.72. The van der Waals surface area contributed by atoms with Gasteiger partial charge in [-0.05, 0) is 37.8 Å². The van der Waals surface area contributed by atoms with Crippen LogP contribution in [0.3, 0.4) is 0 Å². The largest absolute Gasteiger partial charge is 0.474 e. The summed E-state index contributed by atoms with van der Waals surface area (Å²) in [5.74, 6) is 0.685. The number of ether oxygens (including phenoxy) is 1. The normalized spacial score (nSPS) is 16.4. The van der Waals surface area contributed by atoms with Crippen molar-refractivity contribution >= 4 is 0 Å². The first kappa shape index (κ1) is 9.46. The van der Waals surface area contributed by atoms with E-state index in [1.807, 2.05) is 19.1 Å². The van der Waals surface area contributed by atoms with E-state index in [0.717, 1.165) is 24.1 Å². The van der Waals surface area contributed by atoms with Crippen molar-refractivity contribution in [3.63, 3.8) is 0 Å². The van der Waals surface area contributed by atoms with Gasteiger partial charge in [-0.15, -0.1) is 0 Å². The zero-order valence-electron chi connectivity index (χ0n) is 8.36. The summed E-state index contributed by atoms with van der Waals surface area (Å²) in [7, 11) is 0. The van der Waals surface area contributed by atoms with E-state index in [2.05, 4.69) is 4.98 Å². The molecule has 14 heavy (non-hydrogen) atoms. The number of hydrogen-bond donors (Lipinski definition) is 1. The van der Waals surface area contributed by atoms with E-state index in [4.69, 9.17) is 9.84 Å². The molecule has 3 nitrogen and oxygen atoms in total. The minimum absolute atomic E-state index is 0.0442. The second kappa shape index (κ2) is 3.96. The van der Waals surface area contributed by atoms with Crippen LogP contribution in [0.25, 0.3) is 0 Å². The van der Waals surface area contributed by atoms with Gasteiger partial charge in [-0.25, -0.2) is 4.98 Å². The fourth-order valence-electron chi connectivity index (χ4n) is 1.46. The van der Waals surface area contributed by atoms with Crippen molar-refractivity contribution in [2.24, 2.45) is 0 Å². The minimum Gasteiger partial charge on any atom is -0.474 e. The molecule has 1 aliphatic rings. The standard InChI is InChI=1S/C11H15NO2/c1-8-9(7-13)5-6-11(12-8)14-10-3-2-4-10/h5-6,10,13H,2-4,7H2,1H3. The fourth-order valence-corrected chi connectivity index (χ4v) is 1.46. The predicted octanol–water partition coefficient (Wildman–Crippen LogP) is 1.81. The molecule has 1 fully saturated rings. The molecular weight excluding hydrogens is 178 g/mol. The van der Waals surface area contributed by atoms with Crippen molar-refractivity contribution in [1.82, 2.24) is 4.98 Å². The van der Waals surface area contributed by atoms with Gasteiger partial charge in [0, 0.05) is 11.8 Å². The van der Waals surface area contributed by atoms with Crippen LogP contribution in [-0.4, -0.2) is 16.2 Å². The Bertz CT molecular complexity index is 321. The summed E-state index contributed by atoms with van der Waals surface area (Å²) in [6, 6.07) is 3.70. The highest BCUT2D eigenvalue weighted by molar-refractivity contribution is 5.24. The lowest BCUT2D eigenvalue weighted by Gasteiger charge is -2.25. The van der Waals surface area contributed by atoms with Crippen LogP contribution >= 0.6 is 0 Å². The topological polar surface area (TPSA) is 42.4 Å². The Labute approximate surface area is 83.7 Å². The van der Waals surface area contributed by atoms with Crippen molar-refractivity contribution in [2.45, 2.75) is 38.9 Å². The lowest BCUT2D eigenvalue weighted by molar-refractivity contribution is 0.114. The van der Waals surface area contributed by atoms with Crippen LogP contribution in [0, 0.1) is 6.92 Å². The number of nitrogens with zero attached hydrogens (tertiary/aromatic N) is 1. The van der Waals surface area contributed by atoms with E-state index in [1.54, 1.807) is 0 Å². The van der Waals surface area contributed by atoms with Crippen LogP contribution in [0.15, 0.2) is 12.1 Å². The summed E-state index contributed by atoms with van der Waals surface area (Å²) in [6.07, 6.45) is 3.91. The first-order valence-electron chi connectivity index (χ1n) is 5.03. The van der Waals surface area contributed by atoms with Gasteiger partial charge < -0.3 is 9.84 Å². The third-order valence-electron chi connectivity index (χ3n) is 2.68. The first-order chi connectivity index (χ1) is 6.79. The maximum absolute atomic E-state index is 8.97. The molecule has 3 heteroatoms. The number of aromatic nitrogens is 1. The molecule has 1 N–H and O–H groups in total. The molecule has 1 saturated carbocycles. The van der Waals surface area contributed by atoms with Crippen molar-refractivity contribution in [2.75, 3.05) is 0 Å². The number of aliphatic hydroxyl groups is 1. The summed E-state index contributed by atoms with van der Waals surface area (Å²) < 4.78 is 5.64. The molecule has 0 aromatic carbocycles. The van der Waals surface area contributed by atoms with Crippen molar-refractivity contribution in [3.05, 3.63) is 23.4 Å². The van der Waals surface area contributed by atoms with Gasteiger partial charge in [0.05, 0.1) is 6.61 Å². The van der Waals surface area contributed by atoms with E-state index in [0.29, 0.717) is 12.0 Å². The molecule has 76 valence electrons. The molecule has 0 amide bonds. The molecular formula is C11H15NO2. The summed E-state index contributed by atoms with van der Waals surface area (Å²) in [6.45, 7) is 1.93. The number of aliphatic hydroxyl groups excluding tert-OH is 1. The van der Waals surface area contributed by atoms with Gasteiger partial charge in [0.15, 0.2) is 0 Å². The Balaban J connectivity index is 2.07. The van der Waals surface area contributed by atoms with Gasteiger partial charge in [-0.2, -0.15) is 0 Å². The van der Waals surface area contributed by atoms with Crippen LogP contribution in [-0.2, 0) is 6.61 Å². The summed E-state index contributed by atoms with van der Waals surface area (Å²) in [4.78, 5) is 4.28. The number of rotatable bonds is 3. The Morgan fingerprint density at radius 1 is 1.50 bits per heavy atom. The van der Waals surface area contributed by atoms with Gasteiger partial charge in [-0.1, -0.05) is 0 Å². The van der Waals surface area contributed by atoms with Crippen molar-refractivity contribution in [1.29, 1.82) is 0 Å². The summed E-state index contributed by atoms with van der Waals surface area (Å²) in [5, 5.41) is 8.97. The smallest absolute Gasteiger partial charge is 0.213 e. The van der Waals surface area contributed by atoms with Crippen LogP contribution in [0.5, 0.6) is 5.88 Å². The molecule has 0 atom stereocenters. The molecule has 1 aliphatic carbocycles. The Morgan fingerprint density at radius 3 is 2.79 bits per heavy atom. The Morgan fingerprint density at radius 2 is 2.29 bits per heavy atom. The van der Waals surface area contributed by atoms with E-state index in [9.17, 15) is 0 Å². The van der Waals surface area contributed by atoms with E-state index in [1.165, 1.54) is 6.42 Å². The van der Waals surface area contributed by atoms with Crippen LogP contribution < -0.4 is 4.74 Å². The van der Waals surface area contributed by atoms with Crippen molar-refractivity contribution < 1.29 is 9.84 Å². The minimum atomic E-state index is 0.0442. The molecule has 0 saturated heterocycles. The number of hydrogen-bond acceptors (Lipinski definition) is 3. The van der Waals surface area contributed by atoms with Gasteiger partial charge in [0.25, 0.3) is 0 Å². The van der Waals surface area contributed by atoms with Gasteiger partial charge >= 0.3 is 0 Å². The average Bonchev–Trinajstić information content (AvgIpc) is 2.12. The first-order valence-corrected chi connectivity index (χ1v) is 5.03. The SMILES string of the molecule is Cc1nc(OC2CCC2)ccc1CO. The zero-order chi connectivity index (χ0) is 9.97. The number of aryl methyl sites for hydroxylation is 1. The third kappa shape index (κ3) is 1.87. The van der Waals surface area contributed by atoms with Crippen molar-refractivity contribution in [3.8, 4) is 5.88 Å². The van der Waals surface area contributed by atoms with E-state index < -0.39 is 0 Å². The Kier molecular flexibility index (Phi) is 2.68.